The van der Waals surface area contributed by atoms with Gasteiger partial charge in [-0.3, -0.25) is 4.79 Å². The summed E-state index contributed by atoms with van der Waals surface area (Å²) in [5, 5.41) is 11.7. The fourth-order valence-corrected chi connectivity index (χ4v) is 1.98. The van der Waals surface area contributed by atoms with Crippen LogP contribution in [0.4, 0.5) is 13.2 Å². The molecule has 0 aliphatic rings. The first-order valence-electron chi connectivity index (χ1n) is 4.46. The van der Waals surface area contributed by atoms with Gasteiger partial charge in [0.05, 0.1) is 0 Å². The van der Waals surface area contributed by atoms with E-state index < -0.39 is 12.1 Å². The molecule has 2 aromatic rings. The number of halogens is 3. The fourth-order valence-electron chi connectivity index (χ4n) is 0.763. The molecule has 0 aliphatic heterocycles. The Labute approximate surface area is 112 Å². The van der Waals surface area contributed by atoms with Gasteiger partial charge in [-0.1, -0.05) is 0 Å². The second-order valence-electron chi connectivity index (χ2n) is 2.81. The largest absolute Gasteiger partial charge is 0.490 e. The number of carboxylic acids is 1. The van der Waals surface area contributed by atoms with Gasteiger partial charge in [0.15, 0.2) is 10.0 Å². The van der Waals surface area contributed by atoms with Gasteiger partial charge in [-0.2, -0.15) is 13.2 Å². The fraction of sp³-hybridized carbons (Fsp3) is 0.111. The van der Waals surface area contributed by atoms with E-state index in [1.807, 2.05) is 0 Å². The minimum absolute atomic E-state index is 0.0833. The molecular formula is C9H5F3N2O3S2. The maximum atomic E-state index is 11.5. The average molecular weight is 310 g/mol. The number of aliphatic carboxylic acids is 1. The standard InChI is InChI=1S/C7H4N2OS2.C2HF3O2/c10-5(6-8-1-3-11-6)7-9-2-4-12-7;3-2(4,5)1(6)7/h1-4H;(H,6,7). The number of ketones is 1. The maximum absolute atomic E-state index is 11.5. The molecule has 10 heteroatoms. The summed E-state index contributed by atoms with van der Waals surface area (Å²) in [4.78, 5) is 28.2. The van der Waals surface area contributed by atoms with Crippen molar-refractivity contribution in [2.45, 2.75) is 6.18 Å². The lowest BCUT2D eigenvalue weighted by molar-refractivity contribution is -0.192. The van der Waals surface area contributed by atoms with Crippen molar-refractivity contribution in [2.24, 2.45) is 0 Å². The molecule has 102 valence electrons. The van der Waals surface area contributed by atoms with Crippen LogP contribution in [0.25, 0.3) is 0 Å². The third-order valence-corrected chi connectivity index (χ3v) is 3.04. The molecule has 5 nitrogen and oxygen atoms in total. The third-order valence-electron chi connectivity index (χ3n) is 1.50. The molecule has 0 unspecified atom stereocenters. The van der Waals surface area contributed by atoms with Gasteiger partial charge >= 0.3 is 12.1 Å². The molecule has 0 fully saturated rings. The van der Waals surface area contributed by atoms with Crippen LogP contribution in [-0.4, -0.2) is 33.0 Å². The van der Waals surface area contributed by atoms with E-state index in [4.69, 9.17) is 9.90 Å². The van der Waals surface area contributed by atoms with Crippen LogP contribution in [0.2, 0.25) is 0 Å². The quantitative estimate of drug-likeness (QED) is 0.862. The molecule has 0 saturated heterocycles. The Morgan fingerprint density at radius 3 is 1.63 bits per heavy atom. The van der Waals surface area contributed by atoms with Crippen molar-refractivity contribution in [2.75, 3.05) is 0 Å². The summed E-state index contributed by atoms with van der Waals surface area (Å²) in [5.41, 5.74) is 0. The predicted molar refractivity (Wildman–Crippen MR) is 61.4 cm³/mol. The molecule has 19 heavy (non-hydrogen) atoms. The lowest BCUT2D eigenvalue weighted by Crippen LogP contribution is -2.21. The Hall–Kier alpha value is -1.81. The Kier molecular flexibility index (Phi) is 5.12. The maximum Gasteiger partial charge on any atom is 0.490 e. The van der Waals surface area contributed by atoms with Crippen molar-refractivity contribution < 1.29 is 27.9 Å². The molecule has 1 N–H and O–H groups in total. The molecular weight excluding hydrogens is 305 g/mol. The second-order valence-corrected chi connectivity index (χ2v) is 4.60. The summed E-state index contributed by atoms with van der Waals surface area (Å²) in [6.45, 7) is 0. The Bertz CT molecular complexity index is 501. The van der Waals surface area contributed by atoms with E-state index in [-0.39, 0.29) is 5.78 Å². The zero-order valence-corrected chi connectivity index (χ0v) is 10.6. The summed E-state index contributed by atoms with van der Waals surface area (Å²) in [5.74, 6) is -2.84. The Morgan fingerprint density at radius 1 is 1.05 bits per heavy atom. The van der Waals surface area contributed by atoms with E-state index in [1.165, 1.54) is 22.7 Å². The highest BCUT2D eigenvalue weighted by atomic mass is 32.1. The zero-order valence-electron chi connectivity index (χ0n) is 8.92. The van der Waals surface area contributed by atoms with E-state index in [9.17, 15) is 18.0 Å². The topological polar surface area (TPSA) is 80.1 Å². The molecule has 2 aromatic heterocycles. The Balaban J connectivity index is 0.000000224. The number of carbonyl (C=O) groups excluding carboxylic acids is 1. The van der Waals surface area contributed by atoms with Crippen LogP contribution in [0.15, 0.2) is 23.2 Å². The van der Waals surface area contributed by atoms with Crippen LogP contribution in [0.1, 0.15) is 14.8 Å². The molecule has 0 aliphatic carbocycles. The van der Waals surface area contributed by atoms with Crippen LogP contribution in [0.3, 0.4) is 0 Å². The number of nitrogens with zero attached hydrogens (tertiary/aromatic N) is 2. The van der Waals surface area contributed by atoms with E-state index in [0.717, 1.165) is 0 Å². The van der Waals surface area contributed by atoms with Crippen molar-refractivity contribution in [3.05, 3.63) is 33.2 Å². The van der Waals surface area contributed by atoms with Gasteiger partial charge in [-0.25, -0.2) is 14.8 Å². The number of thiazole rings is 2. The van der Waals surface area contributed by atoms with E-state index >= 15 is 0 Å². The number of carboxylic acid groups (broad SMARTS) is 1. The van der Waals surface area contributed by atoms with Gasteiger partial charge in [-0.05, 0) is 0 Å². The molecule has 2 heterocycles. The molecule has 0 amide bonds. The number of carbonyl (C=O) groups is 2. The monoisotopic (exact) mass is 310 g/mol. The first-order chi connectivity index (χ1) is 8.82. The molecule has 0 spiro atoms. The summed E-state index contributed by atoms with van der Waals surface area (Å²) in [7, 11) is 0. The highest BCUT2D eigenvalue weighted by Gasteiger charge is 2.38. The van der Waals surface area contributed by atoms with E-state index in [1.54, 1.807) is 23.2 Å². The van der Waals surface area contributed by atoms with Crippen molar-refractivity contribution >= 4 is 34.4 Å². The van der Waals surface area contributed by atoms with Crippen LogP contribution in [-0.2, 0) is 4.79 Å². The minimum atomic E-state index is -5.08. The van der Waals surface area contributed by atoms with Crippen molar-refractivity contribution in [3.63, 3.8) is 0 Å². The number of alkyl halides is 3. The number of hydrogen-bond donors (Lipinski definition) is 1. The van der Waals surface area contributed by atoms with Crippen molar-refractivity contribution in [1.82, 2.24) is 9.97 Å². The number of rotatable bonds is 2. The first kappa shape index (κ1) is 15.2. The van der Waals surface area contributed by atoms with Crippen LogP contribution in [0, 0.1) is 0 Å². The minimum Gasteiger partial charge on any atom is -0.475 e. The summed E-state index contributed by atoms with van der Waals surface area (Å²) in [6, 6.07) is 0. The van der Waals surface area contributed by atoms with E-state index in [0.29, 0.717) is 10.0 Å². The zero-order chi connectivity index (χ0) is 14.5. The molecule has 2 rings (SSSR count). The smallest absolute Gasteiger partial charge is 0.475 e. The normalized spacial score (nSPS) is 10.5. The lowest BCUT2D eigenvalue weighted by atomic mass is 10.4. The predicted octanol–water partition coefficient (Wildman–Crippen LogP) is 2.46. The third kappa shape index (κ3) is 4.75. The van der Waals surface area contributed by atoms with Crippen LogP contribution < -0.4 is 0 Å². The first-order valence-corrected chi connectivity index (χ1v) is 6.22. The highest BCUT2D eigenvalue weighted by Crippen LogP contribution is 2.14. The molecule has 0 bridgehead atoms. The molecule has 0 aromatic carbocycles. The van der Waals surface area contributed by atoms with Gasteiger partial charge in [0.2, 0.25) is 5.78 Å². The van der Waals surface area contributed by atoms with Gasteiger partial charge in [0, 0.05) is 23.2 Å². The lowest BCUT2D eigenvalue weighted by Gasteiger charge is -1.93. The summed E-state index contributed by atoms with van der Waals surface area (Å²) >= 11 is 2.67. The average Bonchev–Trinajstić information content (AvgIpc) is 3.01. The van der Waals surface area contributed by atoms with Crippen LogP contribution >= 0.6 is 22.7 Å². The summed E-state index contributed by atoms with van der Waals surface area (Å²) < 4.78 is 31.7. The van der Waals surface area contributed by atoms with Crippen molar-refractivity contribution in [1.29, 1.82) is 0 Å². The van der Waals surface area contributed by atoms with Gasteiger partial charge in [0.1, 0.15) is 0 Å². The van der Waals surface area contributed by atoms with E-state index in [2.05, 4.69) is 9.97 Å². The van der Waals surface area contributed by atoms with Gasteiger partial charge in [-0.15, -0.1) is 22.7 Å². The molecule has 0 atom stereocenters. The molecule has 0 saturated carbocycles. The van der Waals surface area contributed by atoms with Crippen molar-refractivity contribution in [3.8, 4) is 0 Å². The van der Waals surface area contributed by atoms with Gasteiger partial charge in [0.25, 0.3) is 0 Å². The molecule has 0 radical (unpaired) electrons. The summed E-state index contributed by atoms with van der Waals surface area (Å²) in [6.07, 6.45) is -1.85. The Morgan fingerprint density at radius 2 is 1.42 bits per heavy atom. The highest BCUT2D eigenvalue weighted by molar-refractivity contribution is 7.15. The second kappa shape index (κ2) is 6.38. The number of aromatic nitrogens is 2. The number of hydrogen-bond acceptors (Lipinski definition) is 6. The SMILES string of the molecule is O=C(O)C(F)(F)F.O=C(c1nccs1)c1nccs1. The van der Waals surface area contributed by atoms with Crippen LogP contribution in [0.5, 0.6) is 0 Å². The van der Waals surface area contributed by atoms with Gasteiger partial charge < -0.3 is 5.11 Å².